The lowest BCUT2D eigenvalue weighted by atomic mass is 9.84. The van der Waals surface area contributed by atoms with Gasteiger partial charge >= 0.3 is 0 Å². The topological polar surface area (TPSA) is 18.5 Å². The Morgan fingerprint density at radius 3 is 1.88 bits per heavy atom. The van der Waals surface area contributed by atoms with Crippen molar-refractivity contribution in [1.29, 1.82) is 0 Å². The fourth-order valence-electron chi connectivity index (χ4n) is 2.57. The molecule has 2 heteroatoms. The van der Waals surface area contributed by atoms with E-state index >= 15 is 0 Å². The van der Waals surface area contributed by atoms with Crippen molar-refractivity contribution in [3.05, 3.63) is 0 Å². The van der Waals surface area contributed by atoms with Gasteiger partial charge in [0, 0.05) is 20.1 Å². The van der Waals surface area contributed by atoms with E-state index in [1.165, 1.54) is 19.3 Å². The van der Waals surface area contributed by atoms with Crippen molar-refractivity contribution < 1.29 is 9.47 Å². The number of ether oxygens (including phenoxy) is 2. The molecule has 0 aliphatic rings. The second kappa shape index (κ2) is 9.00. The molecule has 2 nitrogen and oxygen atoms in total. The number of hydrogen-bond donors (Lipinski definition) is 0. The van der Waals surface area contributed by atoms with Gasteiger partial charge < -0.3 is 9.47 Å². The van der Waals surface area contributed by atoms with Crippen LogP contribution in [0.25, 0.3) is 0 Å². The summed E-state index contributed by atoms with van der Waals surface area (Å²) in [5.41, 5.74) is 0. The van der Waals surface area contributed by atoms with Crippen molar-refractivity contribution in [2.75, 3.05) is 20.8 Å². The second-order valence-electron chi connectivity index (χ2n) is 5.08. The van der Waals surface area contributed by atoms with Crippen molar-refractivity contribution in [2.45, 2.75) is 53.1 Å². The quantitative estimate of drug-likeness (QED) is 0.600. The minimum Gasteiger partial charge on any atom is -0.384 e. The lowest BCUT2D eigenvalue weighted by Crippen LogP contribution is -2.32. The molecule has 0 amide bonds. The molecule has 98 valence electrons. The van der Waals surface area contributed by atoms with Crippen LogP contribution in [0.2, 0.25) is 0 Å². The molecule has 0 bridgehead atoms. The first-order valence-corrected chi connectivity index (χ1v) is 6.62. The van der Waals surface area contributed by atoms with Gasteiger partial charge in [0.1, 0.15) is 0 Å². The van der Waals surface area contributed by atoms with Crippen molar-refractivity contribution in [2.24, 2.45) is 17.8 Å². The summed E-state index contributed by atoms with van der Waals surface area (Å²) in [7, 11) is 3.60. The Hall–Kier alpha value is -0.0800. The molecule has 0 saturated carbocycles. The van der Waals surface area contributed by atoms with Crippen LogP contribution in [-0.2, 0) is 9.47 Å². The summed E-state index contributed by atoms with van der Waals surface area (Å²) < 4.78 is 11.0. The van der Waals surface area contributed by atoms with Gasteiger partial charge in [-0.2, -0.15) is 0 Å². The van der Waals surface area contributed by atoms with Crippen LogP contribution < -0.4 is 0 Å². The van der Waals surface area contributed by atoms with Gasteiger partial charge in [-0.1, -0.05) is 40.5 Å². The van der Waals surface area contributed by atoms with E-state index in [2.05, 4.69) is 27.7 Å². The first kappa shape index (κ1) is 15.9. The van der Waals surface area contributed by atoms with Crippen molar-refractivity contribution >= 4 is 0 Å². The summed E-state index contributed by atoms with van der Waals surface area (Å²) in [4.78, 5) is 0. The largest absolute Gasteiger partial charge is 0.384 e. The Morgan fingerprint density at radius 1 is 1.00 bits per heavy atom. The Morgan fingerprint density at radius 2 is 1.56 bits per heavy atom. The van der Waals surface area contributed by atoms with Crippen LogP contribution >= 0.6 is 0 Å². The van der Waals surface area contributed by atoms with E-state index in [-0.39, 0.29) is 0 Å². The molecule has 0 aliphatic heterocycles. The lowest BCUT2D eigenvalue weighted by Gasteiger charge is -2.31. The van der Waals surface area contributed by atoms with E-state index in [9.17, 15) is 0 Å². The summed E-state index contributed by atoms with van der Waals surface area (Å²) in [6, 6.07) is 0. The molecule has 0 fully saturated rings. The summed E-state index contributed by atoms with van der Waals surface area (Å²) in [6.07, 6.45) is 4.05. The van der Waals surface area contributed by atoms with E-state index < -0.39 is 0 Å². The molecule has 2 atom stereocenters. The summed E-state index contributed by atoms with van der Waals surface area (Å²) in [6.45, 7) is 9.81. The highest BCUT2D eigenvalue weighted by Gasteiger charge is 2.26. The lowest BCUT2D eigenvalue weighted by molar-refractivity contribution is -0.0221. The van der Waals surface area contributed by atoms with Gasteiger partial charge in [-0.3, -0.25) is 0 Å². The molecule has 0 aromatic rings. The Kier molecular flexibility index (Phi) is 8.96. The maximum atomic E-state index is 5.64. The molecule has 0 aromatic carbocycles. The maximum absolute atomic E-state index is 5.64. The van der Waals surface area contributed by atoms with Crippen molar-refractivity contribution in [3.8, 4) is 0 Å². The second-order valence-corrected chi connectivity index (χ2v) is 5.08. The van der Waals surface area contributed by atoms with Crippen LogP contribution in [0.1, 0.15) is 47.0 Å². The normalized spacial score (nSPS) is 15.8. The molecular formula is C14H30O2. The average Bonchev–Trinajstić information content (AvgIpc) is 2.26. The van der Waals surface area contributed by atoms with Crippen LogP contribution in [0.5, 0.6) is 0 Å². The van der Waals surface area contributed by atoms with E-state index in [1.54, 1.807) is 7.11 Å². The highest BCUT2D eigenvalue weighted by atomic mass is 16.5. The third kappa shape index (κ3) is 5.31. The predicted octanol–water partition coefficient (Wildman–Crippen LogP) is 3.75. The highest BCUT2D eigenvalue weighted by Crippen LogP contribution is 2.26. The van der Waals surface area contributed by atoms with Gasteiger partial charge in [0.05, 0.1) is 12.7 Å². The van der Waals surface area contributed by atoms with Crippen LogP contribution in [0.15, 0.2) is 0 Å². The number of rotatable bonds is 9. The average molecular weight is 230 g/mol. The molecule has 0 aromatic heterocycles. The van der Waals surface area contributed by atoms with E-state index in [0.717, 1.165) is 12.5 Å². The van der Waals surface area contributed by atoms with E-state index in [4.69, 9.17) is 9.47 Å². The van der Waals surface area contributed by atoms with Gasteiger partial charge in [-0.05, 0) is 18.3 Å². The molecule has 0 saturated heterocycles. The Balaban J connectivity index is 4.43. The number of hydrogen-bond acceptors (Lipinski definition) is 2. The Bertz CT molecular complexity index is 153. The van der Waals surface area contributed by atoms with Crippen molar-refractivity contribution in [3.63, 3.8) is 0 Å². The van der Waals surface area contributed by atoms with Gasteiger partial charge in [0.15, 0.2) is 0 Å². The molecule has 0 N–H and O–H groups in total. The summed E-state index contributed by atoms with van der Waals surface area (Å²) in [5.74, 6) is 1.89. The molecule has 0 rings (SSSR count). The fraction of sp³-hybridized carbons (Fsp3) is 1.00. The summed E-state index contributed by atoms with van der Waals surface area (Å²) in [5, 5.41) is 0. The smallest absolute Gasteiger partial charge is 0.0644 e. The number of methoxy groups -OCH3 is 2. The van der Waals surface area contributed by atoms with Gasteiger partial charge in [-0.25, -0.2) is 0 Å². The van der Waals surface area contributed by atoms with Crippen LogP contribution in [0.3, 0.4) is 0 Å². The first-order valence-electron chi connectivity index (χ1n) is 6.62. The van der Waals surface area contributed by atoms with Crippen LogP contribution in [0, 0.1) is 17.8 Å². The Labute approximate surface area is 102 Å². The molecule has 0 aliphatic carbocycles. The fourth-order valence-corrected chi connectivity index (χ4v) is 2.57. The monoisotopic (exact) mass is 230 g/mol. The third-order valence-electron chi connectivity index (χ3n) is 3.57. The third-order valence-corrected chi connectivity index (χ3v) is 3.57. The molecule has 16 heavy (non-hydrogen) atoms. The van der Waals surface area contributed by atoms with Crippen molar-refractivity contribution in [1.82, 2.24) is 0 Å². The van der Waals surface area contributed by atoms with Crippen LogP contribution in [-0.4, -0.2) is 26.9 Å². The van der Waals surface area contributed by atoms with Gasteiger partial charge in [-0.15, -0.1) is 0 Å². The minimum absolute atomic E-state index is 0.320. The van der Waals surface area contributed by atoms with E-state index in [1.807, 2.05) is 7.11 Å². The van der Waals surface area contributed by atoms with E-state index in [0.29, 0.717) is 17.9 Å². The predicted molar refractivity (Wildman–Crippen MR) is 69.7 cm³/mol. The zero-order chi connectivity index (χ0) is 12.6. The summed E-state index contributed by atoms with van der Waals surface area (Å²) >= 11 is 0. The first-order chi connectivity index (χ1) is 7.60. The van der Waals surface area contributed by atoms with Crippen LogP contribution in [0.4, 0.5) is 0 Å². The zero-order valence-electron chi connectivity index (χ0n) is 12.0. The SMILES string of the molecule is CCC(CC)CC(COC)C(OC)C(C)C. The highest BCUT2D eigenvalue weighted by molar-refractivity contribution is 4.75. The molecule has 0 radical (unpaired) electrons. The van der Waals surface area contributed by atoms with Gasteiger partial charge in [0.25, 0.3) is 0 Å². The minimum atomic E-state index is 0.320. The standard InChI is InChI=1S/C14H30O2/c1-7-12(8-2)9-13(10-15-5)14(16-6)11(3)4/h11-14H,7-10H2,1-6H3. The molecular weight excluding hydrogens is 200 g/mol. The molecule has 0 heterocycles. The maximum Gasteiger partial charge on any atom is 0.0644 e. The molecule has 0 spiro atoms. The van der Waals surface area contributed by atoms with Gasteiger partial charge in [0.2, 0.25) is 0 Å². The zero-order valence-corrected chi connectivity index (χ0v) is 12.0. The molecule has 2 unspecified atom stereocenters.